The second kappa shape index (κ2) is 8.71. The molecule has 3 heterocycles. The third-order valence-electron chi connectivity index (χ3n) is 6.79. The molecule has 1 atom stereocenters. The van der Waals surface area contributed by atoms with Gasteiger partial charge in [-0.2, -0.15) is 5.48 Å². The second-order valence-corrected chi connectivity index (χ2v) is 8.70. The van der Waals surface area contributed by atoms with Crippen LogP contribution in [0.3, 0.4) is 0 Å². The van der Waals surface area contributed by atoms with Crippen LogP contribution in [0.15, 0.2) is 48.7 Å². The van der Waals surface area contributed by atoms with Gasteiger partial charge in [-0.05, 0) is 81.1 Å². The van der Waals surface area contributed by atoms with Gasteiger partial charge in [-0.15, -0.1) is 0 Å². The number of aromatic amines is 1. The summed E-state index contributed by atoms with van der Waals surface area (Å²) in [6.07, 6.45) is 7.17. The maximum Gasteiger partial charge on any atom is 0.260 e. The number of hydroxylamine groups is 1. The molecule has 2 aromatic carbocycles. The third kappa shape index (κ3) is 4.17. The van der Waals surface area contributed by atoms with Gasteiger partial charge in [0.2, 0.25) is 0 Å². The zero-order chi connectivity index (χ0) is 21.2. The van der Waals surface area contributed by atoms with Gasteiger partial charge in [0, 0.05) is 22.7 Å². The number of fused-ring (bicyclic) bond motifs is 2. The van der Waals surface area contributed by atoms with E-state index < -0.39 is 0 Å². The van der Waals surface area contributed by atoms with Crippen molar-refractivity contribution in [1.82, 2.24) is 15.4 Å². The Morgan fingerprint density at radius 3 is 2.77 bits per heavy atom. The molecule has 2 aliphatic rings. The predicted octanol–water partition coefficient (Wildman–Crippen LogP) is 4.86. The lowest BCUT2D eigenvalue weighted by atomic mass is 9.89. The number of carbonyl (C=O) groups excluding carboxylic acids is 1. The van der Waals surface area contributed by atoms with Crippen LogP contribution in [0.4, 0.5) is 4.39 Å². The number of H-pyrrole nitrogens is 1. The topological polar surface area (TPSA) is 57.4 Å². The summed E-state index contributed by atoms with van der Waals surface area (Å²) in [4.78, 5) is 23.4. The number of para-hydroxylation sites is 1. The van der Waals surface area contributed by atoms with E-state index in [0.717, 1.165) is 74.0 Å². The van der Waals surface area contributed by atoms with Crippen molar-refractivity contribution in [2.45, 2.75) is 43.9 Å². The molecule has 0 bridgehead atoms. The number of piperidine rings is 1. The van der Waals surface area contributed by atoms with Crippen molar-refractivity contribution in [3.05, 3.63) is 65.6 Å². The maximum atomic E-state index is 13.7. The van der Waals surface area contributed by atoms with Crippen LogP contribution < -0.4 is 10.3 Å². The Morgan fingerprint density at radius 2 is 1.90 bits per heavy atom. The summed E-state index contributed by atoms with van der Waals surface area (Å²) in [6, 6.07) is 12.7. The van der Waals surface area contributed by atoms with Crippen LogP contribution in [-0.2, 0) is 4.79 Å². The van der Waals surface area contributed by atoms with Gasteiger partial charge >= 0.3 is 0 Å². The molecule has 1 amide bonds. The van der Waals surface area contributed by atoms with E-state index in [9.17, 15) is 9.18 Å². The number of likely N-dealkylation sites (tertiary alicyclic amines) is 1. The third-order valence-corrected chi connectivity index (χ3v) is 6.79. The summed E-state index contributed by atoms with van der Waals surface area (Å²) in [5, 5.41) is 1.02. The molecule has 3 aromatic rings. The summed E-state index contributed by atoms with van der Waals surface area (Å²) in [7, 11) is 0. The molecule has 2 N–H and O–H groups in total. The Morgan fingerprint density at radius 1 is 1.06 bits per heavy atom. The number of halogens is 1. The van der Waals surface area contributed by atoms with E-state index in [1.807, 2.05) is 30.3 Å². The van der Waals surface area contributed by atoms with Gasteiger partial charge in [0.15, 0.2) is 5.75 Å². The van der Waals surface area contributed by atoms with E-state index in [4.69, 9.17) is 4.84 Å². The van der Waals surface area contributed by atoms with Crippen molar-refractivity contribution < 1.29 is 14.0 Å². The van der Waals surface area contributed by atoms with Crippen molar-refractivity contribution in [2.24, 2.45) is 0 Å². The molecule has 31 heavy (non-hydrogen) atoms. The molecule has 5 rings (SSSR count). The Kier molecular flexibility index (Phi) is 5.64. The average molecular weight is 422 g/mol. The molecule has 2 aliphatic heterocycles. The fourth-order valence-corrected chi connectivity index (χ4v) is 5.07. The van der Waals surface area contributed by atoms with E-state index in [1.165, 1.54) is 11.6 Å². The van der Waals surface area contributed by atoms with E-state index in [-0.39, 0.29) is 17.6 Å². The number of aromatic nitrogens is 1. The van der Waals surface area contributed by atoms with Crippen molar-refractivity contribution in [3.63, 3.8) is 0 Å². The summed E-state index contributed by atoms with van der Waals surface area (Å²) >= 11 is 0. The van der Waals surface area contributed by atoms with Crippen molar-refractivity contribution in [1.29, 1.82) is 0 Å². The summed E-state index contributed by atoms with van der Waals surface area (Å²) in [6.45, 7) is 3.18. The van der Waals surface area contributed by atoms with Crippen LogP contribution in [0.25, 0.3) is 10.9 Å². The highest BCUT2D eigenvalue weighted by Gasteiger charge is 2.28. The second-order valence-electron chi connectivity index (χ2n) is 8.70. The normalized spacial score (nSPS) is 19.8. The number of amides is 1. The van der Waals surface area contributed by atoms with Gasteiger partial charge in [0.25, 0.3) is 5.91 Å². The van der Waals surface area contributed by atoms with Gasteiger partial charge < -0.3 is 14.7 Å². The van der Waals surface area contributed by atoms with Crippen LogP contribution in [0.1, 0.15) is 55.1 Å². The fraction of sp³-hybridized carbons (Fsp3) is 0.400. The van der Waals surface area contributed by atoms with Crippen LogP contribution in [0, 0.1) is 5.82 Å². The van der Waals surface area contributed by atoms with Gasteiger partial charge in [-0.3, -0.25) is 4.79 Å². The highest BCUT2D eigenvalue weighted by Crippen LogP contribution is 2.35. The van der Waals surface area contributed by atoms with Crippen LogP contribution in [0.5, 0.6) is 5.75 Å². The average Bonchev–Trinajstić information content (AvgIpc) is 3.21. The molecule has 162 valence electrons. The fourth-order valence-electron chi connectivity index (χ4n) is 5.07. The minimum absolute atomic E-state index is 0.0466. The van der Waals surface area contributed by atoms with E-state index in [0.29, 0.717) is 5.92 Å². The molecule has 0 spiro atoms. The monoisotopic (exact) mass is 421 g/mol. The van der Waals surface area contributed by atoms with E-state index in [2.05, 4.69) is 21.6 Å². The largest absolute Gasteiger partial charge is 0.379 e. The first kappa shape index (κ1) is 20.1. The van der Waals surface area contributed by atoms with Gasteiger partial charge in [0.05, 0.1) is 5.92 Å². The number of hydrogen-bond acceptors (Lipinski definition) is 3. The van der Waals surface area contributed by atoms with Gasteiger partial charge in [-0.1, -0.05) is 24.6 Å². The van der Waals surface area contributed by atoms with Gasteiger partial charge in [-0.25, -0.2) is 4.39 Å². The number of carbonyl (C=O) groups is 1. The highest BCUT2D eigenvalue weighted by molar-refractivity contribution is 5.85. The lowest BCUT2D eigenvalue weighted by Gasteiger charge is -2.32. The van der Waals surface area contributed by atoms with Crippen LogP contribution in [-0.4, -0.2) is 35.4 Å². The van der Waals surface area contributed by atoms with E-state index in [1.54, 1.807) is 6.07 Å². The van der Waals surface area contributed by atoms with Crippen molar-refractivity contribution >= 4 is 16.8 Å². The molecule has 1 saturated heterocycles. The smallest absolute Gasteiger partial charge is 0.260 e. The summed E-state index contributed by atoms with van der Waals surface area (Å²) < 4.78 is 13.7. The zero-order valence-electron chi connectivity index (χ0n) is 17.6. The molecule has 5 nitrogen and oxygen atoms in total. The first-order valence-corrected chi connectivity index (χ1v) is 11.2. The number of hydrogen-bond donors (Lipinski definition) is 2. The number of unbranched alkanes of at least 4 members (excludes halogenated alkanes) is 1. The molecule has 1 fully saturated rings. The molecule has 6 heteroatoms. The molecule has 0 aliphatic carbocycles. The molecule has 1 aromatic heterocycles. The first-order valence-electron chi connectivity index (χ1n) is 11.2. The van der Waals surface area contributed by atoms with Crippen LogP contribution >= 0.6 is 0 Å². The number of nitrogens with one attached hydrogen (secondary N) is 2. The lowest BCUT2D eigenvalue weighted by molar-refractivity contribution is -0.131. The summed E-state index contributed by atoms with van der Waals surface area (Å²) in [5.41, 5.74) is 5.79. The standard InChI is InChI=1S/C25H28FN3O2/c26-18-8-9-23-21(15-18)22(16-27-23)17-10-13-29(14-11-17)12-4-3-6-20-19-5-1-2-7-24(19)31-28-25(20)30/h1-2,5,7-9,15-17,20,27H,3-4,6,10-14H2,(H,28,30). The predicted molar refractivity (Wildman–Crippen MR) is 118 cm³/mol. The molecular formula is C25H28FN3O2. The molecule has 0 radical (unpaired) electrons. The van der Waals surface area contributed by atoms with E-state index >= 15 is 0 Å². The highest BCUT2D eigenvalue weighted by atomic mass is 19.1. The Balaban J connectivity index is 1.10. The number of rotatable bonds is 6. The first-order chi connectivity index (χ1) is 15.2. The Bertz CT molecular complexity index is 1070. The van der Waals surface area contributed by atoms with Crippen molar-refractivity contribution in [3.8, 4) is 5.75 Å². The van der Waals surface area contributed by atoms with Crippen molar-refractivity contribution in [2.75, 3.05) is 19.6 Å². The molecule has 0 saturated carbocycles. The SMILES string of the molecule is O=C1NOc2ccccc2C1CCCCN1CCC(c2c[nH]c3ccc(F)cc23)CC1. The maximum absolute atomic E-state index is 13.7. The number of nitrogens with zero attached hydrogens (tertiary/aromatic N) is 1. The Labute approximate surface area is 181 Å². The van der Waals surface area contributed by atoms with Crippen LogP contribution in [0.2, 0.25) is 0 Å². The quantitative estimate of drug-likeness (QED) is 0.559. The minimum atomic E-state index is -0.174. The molecular weight excluding hydrogens is 393 g/mol. The Hall–Kier alpha value is -2.86. The molecule has 1 unspecified atom stereocenters. The zero-order valence-corrected chi connectivity index (χ0v) is 17.6. The lowest BCUT2D eigenvalue weighted by Crippen LogP contribution is -2.37. The van der Waals surface area contributed by atoms with Gasteiger partial charge in [0.1, 0.15) is 5.82 Å². The minimum Gasteiger partial charge on any atom is -0.379 e. The summed E-state index contributed by atoms with van der Waals surface area (Å²) in [5.74, 6) is 0.889. The number of benzene rings is 2.